The summed E-state index contributed by atoms with van der Waals surface area (Å²) in [7, 11) is 0. The number of carbonyl (C=O) groups excluding carboxylic acids is 2. The molecule has 7 heteroatoms. The van der Waals surface area contributed by atoms with Gasteiger partial charge in [-0.1, -0.05) is 44.5 Å². The molecule has 3 unspecified atom stereocenters. The number of carbonyl (C=O) groups is 2. The van der Waals surface area contributed by atoms with Crippen molar-refractivity contribution in [2.24, 2.45) is 11.8 Å². The summed E-state index contributed by atoms with van der Waals surface area (Å²) in [5.74, 6) is -1.64. The number of halogens is 3. The minimum absolute atomic E-state index is 0.0848. The van der Waals surface area contributed by atoms with Gasteiger partial charge in [0.1, 0.15) is 6.04 Å². The van der Waals surface area contributed by atoms with Crippen molar-refractivity contribution in [1.29, 1.82) is 0 Å². The summed E-state index contributed by atoms with van der Waals surface area (Å²) < 4.78 is 39.3. The summed E-state index contributed by atoms with van der Waals surface area (Å²) in [5, 5.41) is 2.83. The zero-order chi connectivity index (χ0) is 21.2. The standard InChI is InChI=1S/C22H29F3N2O2/c1-14(2)10-20(28)27-13-16-7-4-3-6-15(16)11-19(27)21(29)26-18-9-5-8-17(12-18)22(23,24)25/h3-4,6-7,14,17-19H,5,8-13H2,1-2H3,(H,26,29). The quantitative estimate of drug-likeness (QED) is 0.808. The molecule has 3 rings (SSSR count). The van der Waals surface area contributed by atoms with E-state index >= 15 is 0 Å². The Morgan fingerprint density at radius 3 is 2.52 bits per heavy atom. The van der Waals surface area contributed by atoms with E-state index in [0.29, 0.717) is 32.2 Å². The van der Waals surface area contributed by atoms with Crippen LogP contribution in [0.3, 0.4) is 0 Å². The first-order chi connectivity index (χ1) is 13.6. The summed E-state index contributed by atoms with van der Waals surface area (Å²) in [4.78, 5) is 27.5. The number of fused-ring (bicyclic) bond motifs is 1. The minimum Gasteiger partial charge on any atom is -0.352 e. The number of hydrogen-bond donors (Lipinski definition) is 1. The van der Waals surface area contributed by atoms with Crippen LogP contribution in [0.25, 0.3) is 0 Å². The van der Waals surface area contributed by atoms with Gasteiger partial charge in [-0.2, -0.15) is 13.2 Å². The molecule has 0 radical (unpaired) electrons. The molecule has 1 aliphatic heterocycles. The largest absolute Gasteiger partial charge is 0.391 e. The predicted octanol–water partition coefficient (Wildman–Crippen LogP) is 4.22. The Balaban J connectivity index is 1.74. The second-order valence-electron chi connectivity index (χ2n) is 8.72. The molecule has 4 nitrogen and oxygen atoms in total. The summed E-state index contributed by atoms with van der Waals surface area (Å²) in [6.45, 7) is 4.25. The normalized spacial score (nSPS) is 24.9. The van der Waals surface area contributed by atoms with Gasteiger partial charge in [0.2, 0.25) is 11.8 Å². The third-order valence-electron chi connectivity index (χ3n) is 5.94. The summed E-state index contributed by atoms with van der Waals surface area (Å²) >= 11 is 0. The first kappa shape index (κ1) is 21.7. The smallest absolute Gasteiger partial charge is 0.352 e. The minimum atomic E-state index is -4.23. The van der Waals surface area contributed by atoms with Crippen LogP contribution in [0.2, 0.25) is 0 Å². The van der Waals surface area contributed by atoms with Crippen molar-refractivity contribution < 1.29 is 22.8 Å². The molecule has 3 atom stereocenters. The monoisotopic (exact) mass is 410 g/mol. The van der Waals surface area contributed by atoms with Gasteiger partial charge < -0.3 is 10.2 Å². The fourth-order valence-corrected chi connectivity index (χ4v) is 4.40. The predicted molar refractivity (Wildman–Crippen MR) is 104 cm³/mol. The first-order valence-corrected chi connectivity index (χ1v) is 10.4. The van der Waals surface area contributed by atoms with Crippen LogP contribution in [0, 0.1) is 11.8 Å². The molecule has 29 heavy (non-hydrogen) atoms. The van der Waals surface area contributed by atoms with E-state index in [1.54, 1.807) is 4.90 Å². The lowest BCUT2D eigenvalue weighted by atomic mass is 9.85. The fourth-order valence-electron chi connectivity index (χ4n) is 4.40. The van der Waals surface area contributed by atoms with Crippen LogP contribution in [0.5, 0.6) is 0 Å². The third-order valence-corrected chi connectivity index (χ3v) is 5.94. The molecule has 1 aliphatic carbocycles. The number of benzene rings is 1. The summed E-state index contributed by atoms with van der Waals surface area (Å²) in [6, 6.07) is 6.52. The van der Waals surface area contributed by atoms with E-state index in [2.05, 4.69) is 5.32 Å². The Bertz CT molecular complexity index is 748. The maximum absolute atomic E-state index is 13.1. The zero-order valence-corrected chi connectivity index (χ0v) is 17.0. The van der Waals surface area contributed by atoms with Gasteiger partial charge in [-0.3, -0.25) is 9.59 Å². The molecule has 0 aromatic heterocycles. The highest BCUT2D eigenvalue weighted by Crippen LogP contribution is 2.37. The number of alkyl halides is 3. The second-order valence-corrected chi connectivity index (χ2v) is 8.72. The third kappa shape index (κ3) is 5.31. The van der Waals surface area contributed by atoms with Gasteiger partial charge >= 0.3 is 6.18 Å². The molecule has 2 amide bonds. The van der Waals surface area contributed by atoms with Crippen molar-refractivity contribution in [1.82, 2.24) is 10.2 Å². The molecule has 1 aromatic rings. The molecule has 0 saturated heterocycles. The van der Waals surface area contributed by atoms with Gasteiger partial charge in [-0.05, 0) is 36.3 Å². The zero-order valence-electron chi connectivity index (χ0n) is 17.0. The van der Waals surface area contributed by atoms with Gasteiger partial charge in [-0.25, -0.2) is 0 Å². The molecule has 2 aliphatic rings. The van der Waals surface area contributed by atoms with Gasteiger partial charge in [0.15, 0.2) is 0 Å². The van der Waals surface area contributed by atoms with Crippen molar-refractivity contribution in [2.45, 2.75) is 77.2 Å². The number of nitrogens with one attached hydrogen (secondary N) is 1. The van der Waals surface area contributed by atoms with Crippen molar-refractivity contribution in [3.63, 3.8) is 0 Å². The highest BCUT2D eigenvalue weighted by molar-refractivity contribution is 5.88. The maximum atomic E-state index is 13.1. The second kappa shape index (κ2) is 8.76. The van der Waals surface area contributed by atoms with E-state index in [9.17, 15) is 22.8 Å². The van der Waals surface area contributed by atoms with Gasteiger partial charge in [-0.15, -0.1) is 0 Å². The average Bonchev–Trinajstić information content (AvgIpc) is 2.66. The Hall–Kier alpha value is -2.05. The molecule has 1 heterocycles. The van der Waals surface area contributed by atoms with Crippen LogP contribution < -0.4 is 5.32 Å². The van der Waals surface area contributed by atoms with Crippen LogP contribution in [0.15, 0.2) is 24.3 Å². The molecular weight excluding hydrogens is 381 g/mol. The Kier molecular flexibility index (Phi) is 6.54. The van der Waals surface area contributed by atoms with E-state index < -0.39 is 24.2 Å². The van der Waals surface area contributed by atoms with Crippen molar-refractivity contribution in [2.75, 3.05) is 0 Å². The molecule has 1 aromatic carbocycles. The number of rotatable bonds is 4. The molecular formula is C22H29F3N2O2. The fraction of sp³-hybridized carbons (Fsp3) is 0.636. The molecule has 1 fully saturated rings. The number of hydrogen-bond acceptors (Lipinski definition) is 2. The molecule has 1 N–H and O–H groups in total. The topological polar surface area (TPSA) is 49.4 Å². The highest BCUT2D eigenvalue weighted by atomic mass is 19.4. The SMILES string of the molecule is CC(C)CC(=O)N1Cc2ccccc2CC1C(=O)NC1CCCC(C(F)(F)F)C1. The molecule has 1 saturated carbocycles. The highest BCUT2D eigenvalue weighted by Gasteiger charge is 2.43. The van der Waals surface area contributed by atoms with Crippen LogP contribution >= 0.6 is 0 Å². The van der Waals surface area contributed by atoms with E-state index in [-0.39, 0.29) is 30.6 Å². The lowest BCUT2D eigenvalue weighted by Crippen LogP contribution is -2.55. The number of nitrogens with zero attached hydrogens (tertiary/aromatic N) is 1. The van der Waals surface area contributed by atoms with Crippen molar-refractivity contribution in [3.05, 3.63) is 35.4 Å². The maximum Gasteiger partial charge on any atom is 0.391 e. The van der Waals surface area contributed by atoms with Crippen molar-refractivity contribution >= 4 is 11.8 Å². The van der Waals surface area contributed by atoms with Gasteiger partial charge in [0.05, 0.1) is 5.92 Å². The molecule has 160 valence electrons. The van der Waals surface area contributed by atoms with Crippen LogP contribution in [-0.2, 0) is 22.6 Å². The average molecular weight is 410 g/mol. The lowest BCUT2D eigenvalue weighted by Gasteiger charge is -2.38. The van der Waals surface area contributed by atoms with E-state index in [0.717, 1.165) is 11.1 Å². The molecule has 0 spiro atoms. The number of amides is 2. The summed E-state index contributed by atoms with van der Waals surface area (Å²) in [6.07, 6.45) is -2.48. The van der Waals surface area contributed by atoms with Gasteiger partial charge in [0.25, 0.3) is 0 Å². The van der Waals surface area contributed by atoms with Crippen molar-refractivity contribution in [3.8, 4) is 0 Å². The Morgan fingerprint density at radius 1 is 1.17 bits per heavy atom. The Morgan fingerprint density at radius 2 is 1.86 bits per heavy atom. The van der Waals surface area contributed by atoms with Crippen LogP contribution in [0.4, 0.5) is 13.2 Å². The van der Waals surface area contributed by atoms with E-state index in [1.807, 2.05) is 38.1 Å². The van der Waals surface area contributed by atoms with E-state index in [4.69, 9.17) is 0 Å². The molecule has 0 bridgehead atoms. The summed E-state index contributed by atoms with van der Waals surface area (Å²) in [5.41, 5.74) is 2.03. The van der Waals surface area contributed by atoms with Crippen LogP contribution in [0.1, 0.15) is 57.1 Å². The first-order valence-electron chi connectivity index (χ1n) is 10.4. The lowest BCUT2D eigenvalue weighted by molar-refractivity contribution is -0.184. The van der Waals surface area contributed by atoms with E-state index in [1.165, 1.54) is 0 Å². The van der Waals surface area contributed by atoms with Crippen LogP contribution in [-0.4, -0.2) is 35.0 Å². The Labute approximate surface area is 169 Å². The van der Waals surface area contributed by atoms with Gasteiger partial charge in [0, 0.05) is 25.4 Å².